The number of aliphatic hydroxyl groups is 2. The van der Waals surface area contributed by atoms with Gasteiger partial charge in [0, 0.05) is 37.8 Å². The highest BCUT2D eigenvalue weighted by Gasteiger charge is 2.35. The van der Waals surface area contributed by atoms with Gasteiger partial charge in [0.1, 0.15) is 18.9 Å². The molecule has 0 radical (unpaired) electrons. The van der Waals surface area contributed by atoms with Crippen molar-refractivity contribution in [2.24, 2.45) is 0 Å². The molecule has 1 aliphatic carbocycles. The smallest absolute Gasteiger partial charge is 0.275 e. The van der Waals surface area contributed by atoms with Gasteiger partial charge >= 0.3 is 0 Å². The van der Waals surface area contributed by atoms with Gasteiger partial charge in [-0.05, 0) is 42.6 Å². The van der Waals surface area contributed by atoms with Crippen molar-refractivity contribution in [2.45, 2.75) is 70.1 Å². The van der Waals surface area contributed by atoms with Gasteiger partial charge in [-0.3, -0.25) is 4.79 Å². The van der Waals surface area contributed by atoms with E-state index in [1.807, 2.05) is 6.07 Å². The van der Waals surface area contributed by atoms with Crippen molar-refractivity contribution in [1.29, 1.82) is 0 Å². The Morgan fingerprint density at radius 1 is 1.29 bits per heavy atom. The van der Waals surface area contributed by atoms with E-state index in [1.54, 1.807) is 28.8 Å². The van der Waals surface area contributed by atoms with Crippen LogP contribution in [0.25, 0.3) is 11.0 Å². The second-order valence-corrected chi connectivity index (χ2v) is 17.8. The van der Waals surface area contributed by atoms with Gasteiger partial charge in [0.2, 0.25) is 0 Å². The van der Waals surface area contributed by atoms with Crippen LogP contribution in [-0.2, 0) is 18.0 Å². The molecule has 2 heterocycles. The van der Waals surface area contributed by atoms with Crippen LogP contribution < -0.4 is 5.32 Å². The lowest BCUT2D eigenvalue weighted by molar-refractivity contribution is 0.0392. The Balaban J connectivity index is 1.66. The predicted molar refractivity (Wildman–Crippen MR) is 153 cm³/mol. The first-order valence-electron chi connectivity index (χ1n) is 12.6. The van der Waals surface area contributed by atoms with Crippen molar-refractivity contribution >= 4 is 58.4 Å². The van der Waals surface area contributed by atoms with E-state index in [0.717, 1.165) is 16.1 Å². The first-order chi connectivity index (χ1) is 17.9. The molecule has 1 aromatic carbocycles. The number of nitrogens with one attached hydrogen (secondary N) is 1. The fraction of sp³-hybridized carbons (Fsp3) is 0.520. The number of halogens is 2. The Hall–Kier alpha value is -2.09. The average Bonchev–Trinajstić information content (AvgIpc) is 3.39. The number of fused-ring (bicyclic) bond motifs is 1. The van der Waals surface area contributed by atoms with Crippen LogP contribution in [0.15, 0.2) is 29.0 Å². The maximum absolute atomic E-state index is 13.7. The van der Waals surface area contributed by atoms with Crippen LogP contribution in [0.1, 0.15) is 28.9 Å². The van der Waals surface area contributed by atoms with Crippen LogP contribution in [-0.4, -0.2) is 80.7 Å². The molecule has 0 aliphatic heterocycles. The minimum Gasteiger partial charge on any atom is -0.390 e. The summed E-state index contributed by atoms with van der Waals surface area (Å²) >= 11 is 9.70. The zero-order valence-corrected chi connectivity index (χ0v) is 25.3. The molecular formula is C25H34BrClN6O4Si. The number of nitrogens with zero attached hydrogens (tertiary/aromatic N) is 5. The van der Waals surface area contributed by atoms with Crippen molar-refractivity contribution in [1.82, 2.24) is 24.6 Å². The zero-order chi connectivity index (χ0) is 27.6. The Labute approximate surface area is 236 Å². The van der Waals surface area contributed by atoms with E-state index in [9.17, 15) is 15.0 Å². The highest BCUT2D eigenvalue weighted by Crippen LogP contribution is 2.30. The highest BCUT2D eigenvalue weighted by atomic mass is 79.9. The number of ether oxygens (including phenoxy) is 1. The van der Waals surface area contributed by atoms with E-state index in [-0.39, 0.29) is 18.3 Å². The highest BCUT2D eigenvalue weighted by molar-refractivity contribution is 9.10. The molecule has 10 nitrogen and oxygen atoms in total. The van der Waals surface area contributed by atoms with Gasteiger partial charge in [0.25, 0.3) is 5.91 Å². The Morgan fingerprint density at radius 3 is 2.74 bits per heavy atom. The van der Waals surface area contributed by atoms with Crippen LogP contribution in [0.5, 0.6) is 0 Å². The molecular weight excluding hydrogens is 592 g/mol. The molecule has 0 unspecified atom stereocenters. The number of carbonyl (C=O) groups is 1. The molecule has 3 N–H and O–H groups in total. The van der Waals surface area contributed by atoms with E-state index < -0.39 is 26.3 Å². The van der Waals surface area contributed by atoms with E-state index in [2.05, 4.69) is 56.0 Å². The molecule has 1 aliphatic rings. The first-order valence-corrected chi connectivity index (χ1v) is 17.4. The lowest BCUT2D eigenvalue weighted by Crippen LogP contribution is -2.34. The van der Waals surface area contributed by atoms with Crippen LogP contribution >= 0.6 is 27.5 Å². The minimum atomic E-state index is -1.27. The van der Waals surface area contributed by atoms with Crippen LogP contribution in [0, 0.1) is 0 Å². The molecule has 2 aromatic heterocycles. The molecule has 3 aromatic rings. The third-order valence-corrected chi connectivity index (χ3v) is 9.32. The van der Waals surface area contributed by atoms with Crippen molar-refractivity contribution < 1.29 is 19.7 Å². The maximum Gasteiger partial charge on any atom is 0.275 e. The fourth-order valence-electron chi connectivity index (χ4n) is 4.35. The predicted octanol–water partition coefficient (Wildman–Crippen LogP) is 4.12. The van der Waals surface area contributed by atoms with Gasteiger partial charge in [-0.1, -0.05) is 47.2 Å². The number of aromatic nitrogens is 4. The molecule has 1 fully saturated rings. The Kier molecular flexibility index (Phi) is 9.10. The molecule has 0 bridgehead atoms. The second kappa shape index (κ2) is 12.0. The number of hydrogen-bond donors (Lipinski definition) is 3. The quantitative estimate of drug-likeness (QED) is 0.227. The molecule has 1 saturated carbocycles. The molecule has 0 spiro atoms. The Bertz CT molecular complexity index is 1300. The minimum absolute atomic E-state index is 0.138. The summed E-state index contributed by atoms with van der Waals surface area (Å²) in [5, 5.41) is 29.3. The standard InChI is InChI=1S/C25H34BrClN6O4Si/c1-32(12-15-11-16(27)5-6-17(15)26)25(36)21-20-23(30-18-7-8-19(34)22(18)35)28-13-29-24(20)33(31-21)14-37-9-10-38(2,3)4/h5-6,11,13,18-19,22,34-35H,7-10,12,14H2,1-4H3,(H,28,29,30)/t18-,19-,22+/m1/s1. The summed E-state index contributed by atoms with van der Waals surface area (Å²) in [5.41, 5.74) is 1.47. The van der Waals surface area contributed by atoms with Gasteiger partial charge in [0.05, 0.1) is 23.6 Å². The molecule has 0 saturated heterocycles. The molecule has 13 heteroatoms. The number of hydrogen-bond acceptors (Lipinski definition) is 8. The molecule has 3 atom stereocenters. The fourth-order valence-corrected chi connectivity index (χ4v) is 5.68. The number of benzene rings is 1. The maximum atomic E-state index is 13.7. The van der Waals surface area contributed by atoms with Gasteiger partial charge in [-0.15, -0.1) is 0 Å². The molecule has 4 rings (SSSR count). The van der Waals surface area contributed by atoms with Crippen molar-refractivity contribution in [3.05, 3.63) is 45.3 Å². The lowest BCUT2D eigenvalue weighted by Gasteiger charge is -2.20. The van der Waals surface area contributed by atoms with Gasteiger partial charge in [-0.25, -0.2) is 14.6 Å². The van der Waals surface area contributed by atoms with Crippen molar-refractivity contribution in [3.63, 3.8) is 0 Å². The summed E-state index contributed by atoms with van der Waals surface area (Å²) in [6.45, 7) is 7.87. The van der Waals surface area contributed by atoms with Crippen molar-refractivity contribution in [2.75, 3.05) is 19.0 Å². The van der Waals surface area contributed by atoms with Crippen LogP contribution in [0.3, 0.4) is 0 Å². The SMILES string of the molecule is CN(Cc1cc(Cl)ccc1Br)C(=O)c1nn(COCC[Si](C)(C)C)c2ncnc(N[C@@H]3CC[C@@H](O)[C@H]3O)c12. The van der Waals surface area contributed by atoms with E-state index in [1.165, 1.54) is 6.33 Å². The first kappa shape index (κ1) is 28.9. The monoisotopic (exact) mass is 624 g/mol. The number of amides is 1. The Morgan fingerprint density at radius 2 is 2.05 bits per heavy atom. The second-order valence-electron chi connectivity index (χ2n) is 10.9. The van der Waals surface area contributed by atoms with Gasteiger partial charge < -0.3 is 25.2 Å². The largest absolute Gasteiger partial charge is 0.390 e. The molecule has 38 heavy (non-hydrogen) atoms. The van der Waals surface area contributed by atoms with E-state index >= 15 is 0 Å². The summed E-state index contributed by atoms with van der Waals surface area (Å²) in [7, 11) is 0.420. The third kappa shape index (κ3) is 6.72. The summed E-state index contributed by atoms with van der Waals surface area (Å²) in [6, 6.07) is 6.01. The molecule has 1 amide bonds. The normalized spacial score (nSPS) is 19.7. The van der Waals surface area contributed by atoms with E-state index in [0.29, 0.717) is 47.9 Å². The number of aliphatic hydroxyl groups excluding tert-OH is 2. The lowest BCUT2D eigenvalue weighted by atomic mass is 10.1. The summed E-state index contributed by atoms with van der Waals surface area (Å²) in [5.74, 6) is 0.0507. The number of anilines is 1. The summed E-state index contributed by atoms with van der Waals surface area (Å²) in [6.07, 6.45) is 0.676. The van der Waals surface area contributed by atoms with Gasteiger partial charge in [0.15, 0.2) is 11.3 Å². The van der Waals surface area contributed by atoms with Crippen LogP contribution in [0.4, 0.5) is 5.82 Å². The summed E-state index contributed by atoms with van der Waals surface area (Å²) < 4.78 is 8.33. The third-order valence-electron chi connectivity index (χ3n) is 6.61. The van der Waals surface area contributed by atoms with E-state index in [4.69, 9.17) is 16.3 Å². The van der Waals surface area contributed by atoms with Crippen LogP contribution in [0.2, 0.25) is 30.7 Å². The zero-order valence-electron chi connectivity index (χ0n) is 22.0. The van der Waals surface area contributed by atoms with Gasteiger partial charge in [-0.2, -0.15) is 5.10 Å². The molecule has 206 valence electrons. The summed E-state index contributed by atoms with van der Waals surface area (Å²) in [4.78, 5) is 24.1. The topological polar surface area (TPSA) is 126 Å². The number of rotatable bonds is 10. The average molecular weight is 626 g/mol. The van der Waals surface area contributed by atoms with Crippen molar-refractivity contribution in [3.8, 4) is 0 Å². The number of carbonyl (C=O) groups excluding carboxylic acids is 1.